The van der Waals surface area contributed by atoms with Gasteiger partial charge in [-0.1, -0.05) is 38.8 Å². The second-order valence-corrected chi connectivity index (χ2v) is 5.71. The van der Waals surface area contributed by atoms with Crippen LogP contribution in [-0.2, 0) is 5.41 Å². The van der Waals surface area contributed by atoms with E-state index in [-0.39, 0.29) is 0 Å². The number of rotatable bonds is 7. The number of nitrogens with zero attached hydrogens (tertiary/aromatic N) is 1. The molecule has 1 rings (SSSR count). The molecule has 0 spiro atoms. The smallest absolute Gasteiger partial charge is 0.0766 e. The van der Waals surface area contributed by atoms with Crippen molar-refractivity contribution in [3.8, 4) is 6.07 Å². The summed E-state index contributed by atoms with van der Waals surface area (Å²) < 4.78 is 0. The minimum Gasteiger partial charge on any atom is -0.382 e. The number of benzene rings is 1. The first-order valence-electron chi connectivity index (χ1n) is 7.31. The minimum absolute atomic E-state index is 0.412. The molecule has 0 heterocycles. The van der Waals surface area contributed by atoms with Gasteiger partial charge in [-0.25, -0.2) is 0 Å². The monoisotopic (exact) mass is 258 g/mol. The molecule has 1 aromatic rings. The molecule has 0 aliphatic rings. The molecule has 0 saturated heterocycles. The topological polar surface area (TPSA) is 35.8 Å². The van der Waals surface area contributed by atoms with E-state index in [1.54, 1.807) is 0 Å². The first kappa shape index (κ1) is 15.6. The first-order valence-corrected chi connectivity index (χ1v) is 7.31. The van der Waals surface area contributed by atoms with Gasteiger partial charge < -0.3 is 5.32 Å². The summed E-state index contributed by atoms with van der Waals surface area (Å²) in [6, 6.07) is 11.2. The van der Waals surface area contributed by atoms with Gasteiger partial charge in [-0.2, -0.15) is 5.26 Å². The van der Waals surface area contributed by atoms with E-state index in [1.807, 2.05) is 13.8 Å². The number of hydrogen-bond donors (Lipinski definition) is 1. The molecular weight excluding hydrogens is 232 g/mol. The molecule has 0 radical (unpaired) electrons. The molecule has 1 atom stereocenters. The van der Waals surface area contributed by atoms with Crippen LogP contribution >= 0.6 is 0 Å². The van der Waals surface area contributed by atoms with Gasteiger partial charge in [0.25, 0.3) is 0 Å². The second-order valence-electron chi connectivity index (χ2n) is 5.71. The van der Waals surface area contributed by atoms with E-state index < -0.39 is 5.41 Å². The SMILES string of the molecule is CCCCC(CC)Nc1ccc(C(C)(C)C#N)cc1. The Morgan fingerprint density at radius 3 is 2.32 bits per heavy atom. The molecule has 0 fully saturated rings. The van der Waals surface area contributed by atoms with Crippen molar-refractivity contribution in [1.82, 2.24) is 0 Å². The van der Waals surface area contributed by atoms with E-state index >= 15 is 0 Å². The molecule has 0 aliphatic carbocycles. The Kier molecular flexibility index (Phi) is 5.89. The summed E-state index contributed by atoms with van der Waals surface area (Å²) in [5, 5.41) is 12.7. The highest BCUT2D eigenvalue weighted by Gasteiger charge is 2.19. The van der Waals surface area contributed by atoms with Crippen LogP contribution in [0, 0.1) is 11.3 Å². The van der Waals surface area contributed by atoms with Gasteiger partial charge in [-0.3, -0.25) is 0 Å². The lowest BCUT2D eigenvalue weighted by Crippen LogP contribution is -2.18. The van der Waals surface area contributed by atoms with Crippen LogP contribution in [0.4, 0.5) is 5.69 Å². The maximum Gasteiger partial charge on any atom is 0.0766 e. The zero-order valence-electron chi connectivity index (χ0n) is 12.7. The van der Waals surface area contributed by atoms with Crippen molar-refractivity contribution in [1.29, 1.82) is 5.26 Å². The lowest BCUT2D eigenvalue weighted by molar-refractivity contribution is 0.593. The lowest BCUT2D eigenvalue weighted by Gasteiger charge is -2.20. The van der Waals surface area contributed by atoms with Gasteiger partial charge in [0.2, 0.25) is 0 Å². The van der Waals surface area contributed by atoms with E-state index in [0.29, 0.717) is 6.04 Å². The Labute approximate surface area is 117 Å². The normalized spacial score (nSPS) is 12.8. The Morgan fingerprint density at radius 2 is 1.84 bits per heavy atom. The van der Waals surface area contributed by atoms with Crippen LogP contribution in [0.25, 0.3) is 0 Å². The number of nitrogens with one attached hydrogen (secondary N) is 1. The summed E-state index contributed by atoms with van der Waals surface area (Å²) in [6.45, 7) is 8.35. The summed E-state index contributed by atoms with van der Waals surface area (Å²) in [6.07, 6.45) is 4.88. The fourth-order valence-corrected chi connectivity index (χ4v) is 2.11. The quantitative estimate of drug-likeness (QED) is 0.757. The van der Waals surface area contributed by atoms with Crippen LogP contribution in [0.5, 0.6) is 0 Å². The highest BCUT2D eigenvalue weighted by Crippen LogP contribution is 2.24. The molecule has 2 heteroatoms. The summed E-state index contributed by atoms with van der Waals surface area (Å²) >= 11 is 0. The van der Waals surface area contributed by atoms with Crippen molar-refractivity contribution in [2.45, 2.75) is 64.8 Å². The van der Waals surface area contributed by atoms with Gasteiger partial charge in [0.1, 0.15) is 0 Å². The molecule has 1 aromatic carbocycles. The molecule has 1 unspecified atom stereocenters. The standard InChI is InChI=1S/C17H26N2/c1-5-7-8-15(6-2)19-16-11-9-14(10-12-16)17(3,4)13-18/h9-12,15,19H,5-8H2,1-4H3. The number of anilines is 1. The van der Waals surface area contributed by atoms with Crippen LogP contribution in [0.15, 0.2) is 24.3 Å². The number of unbranched alkanes of at least 4 members (excludes halogenated alkanes) is 1. The predicted octanol–water partition coefficient (Wildman–Crippen LogP) is 4.87. The molecule has 0 aliphatic heterocycles. The first-order chi connectivity index (χ1) is 9.03. The number of hydrogen-bond acceptors (Lipinski definition) is 2. The van der Waals surface area contributed by atoms with Gasteiger partial charge in [0.15, 0.2) is 0 Å². The molecule has 19 heavy (non-hydrogen) atoms. The predicted molar refractivity (Wildman–Crippen MR) is 82.3 cm³/mol. The summed E-state index contributed by atoms with van der Waals surface area (Å²) in [5.74, 6) is 0. The van der Waals surface area contributed by atoms with Crippen molar-refractivity contribution < 1.29 is 0 Å². The molecule has 0 aromatic heterocycles. The third-order valence-electron chi connectivity index (χ3n) is 3.66. The Hall–Kier alpha value is -1.49. The van der Waals surface area contributed by atoms with Gasteiger partial charge >= 0.3 is 0 Å². The van der Waals surface area contributed by atoms with Gasteiger partial charge in [-0.15, -0.1) is 0 Å². The molecule has 2 nitrogen and oxygen atoms in total. The van der Waals surface area contributed by atoms with Crippen molar-refractivity contribution in [3.63, 3.8) is 0 Å². The highest BCUT2D eigenvalue weighted by atomic mass is 14.9. The largest absolute Gasteiger partial charge is 0.382 e. The Bertz CT molecular complexity index is 412. The van der Waals surface area contributed by atoms with Crippen LogP contribution in [0.1, 0.15) is 58.9 Å². The van der Waals surface area contributed by atoms with E-state index in [0.717, 1.165) is 17.7 Å². The van der Waals surface area contributed by atoms with Crippen LogP contribution in [0.3, 0.4) is 0 Å². The average Bonchev–Trinajstić information content (AvgIpc) is 2.44. The van der Waals surface area contributed by atoms with Crippen LogP contribution in [-0.4, -0.2) is 6.04 Å². The molecule has 104 valence electrons. The van der Waals surface area contributed by atoms with Crippen molar-refractivity contribution in [2.75, 3.05) is 5.32 Å². The Morgan fingerprint density at radius 1 is 1.21 bits per heavy atom. The van der Waals surface area contributed by atoms with Crippen LogP contribution < -0.4 is 5.32 Å². The molecule has 1 N–H and O–H groups in total. The van der Waals surface area contributed by atoms with Gasteiger partial charge in [0, 0.05) is 11.7 Å². The lowest BCUT2D eigenvalue weighted by atomic mass is 9.86. The maximum absolute atomic E-state index is 9.13. The van der Waals surface area contributed by atoms with Crippen molar-refractivity contribution in [2.24, 2.45) is 0 Å². The molecular formula is C17H26N2. The molecule has 0 saturated carbocycles. The van der Waals surface area contributed by atoms with E-state index in [2.05, 4.69) is 49.5 Å². The fraction of sp³-hybridized carbons (Fsp3) is 0.588. The summed E-state index contributed by atoms with van der Waals surface area (Å²) in [5.41, 5.74) is 1.81. The fourth-order valence-electron chi connectivity index (χ4n) is 2.11. The molecule has 0 amide bonds. The maximum atomic E-state index is 9.13. The highest BCUT2D eigenvalue weighted by molar-refractivity contribution is 5.47. The summed E-state index contributed by atoms with van der Waals surface area (Å²) in [4.78, 5) is 0. The second kappa shape index (κ2) is 7.19. The van der Waals surface area contributed by atoms with E-state index in [1.165, 1.54) is 19.3 Å². The number of nitriles is 1. The van der Waals surface area contributed by atoms with Crippen molar-refractivity contribution in [3.05, 3.63) is 29.8 Å². The third-order valence-corrected chi connectivity index (χ3v) is 3.66. The third kappa shape index (κ3) is 4.59. The zero-order chi connectivity index (χ0) is 14.3. The molecule has 0 bridgehead atoms. The summed E-state index contributed by atoms with van der Waals surface area (Å²) in [7, 11) is 0. The van der Waals surface area contributed by atoms with Crippen molar-refractivity contribution >= 4 is 5.69 Å². The van der Waals surface area contributed by atoms with E-state index in [4.69, 9.17) is 5.26 Å². The average molecular weight is 258 g/mol. The van der Waals surface area contributed by atoms with E-state index in [9.17, 15) is 0 Å². The van der Waals surface area contributed by atoms with Gasteiger partial charge in [0.05, 0.1) is 11.5 Å². The Balaban J connectivity index is 2.69. The van der Waals surface area contributed by atoms with Crippen LogP contribution in [0.2, 0.25) is 0 Å². The zero-order valence-corrected chi connectivity index (χ0v) is 12.7. The van der Waals surface area contributed by atoms with Gasteiger partial charge in [-0.05, 0) is 44.4 Å². The minimum atomic E-state index is -0.412.